The quantitative estimate of drug-likeness (QED) is 0.570. The number of carboxylic acid groups (broad SMARTS) is 1. The average Bonchev–Trinajstić information content (AvgIpc) is 2.31. The standard InChI is InChI=1S/C13H26F2N2O2/c1-4-8-16-13(2,12(18)19)7-5-6-9-17(3)10-11(14)15/h11,16H,4-10H2,1-3H3,(H,18,19). The van der Waals surface area contributed by atoms with E-state index in [1.807, 2.05) is 6.92 Å². The molecule has 1 atom stereocenters. The van der Waals surface area contributed by atoms with E-state index in [1.165, 1.54) is 0 Å². The lowest BCUT2D eigenvalue weighted by molar-refractivity contribution is -0.144. The van der Waals surface area contributed by atoms with Crippen molar-refractivity contribution in [1.29, 1.82) is 0 Å². The molecule has 0 aromatic rings. The first kappa shape index (κ1) is 18.2. The zero-order chi connectivity index (χ0) is 14.9. The maximum Gasteiger partial charge on any atom is 0.323 e. The molecule has 114 valence electrons. The molecule has 0 bridgehead atoms. The van der Waals surface area contributed by atoms with Gasteiger partial charge in [0.25, 0.3) is 6.43 Å². The highest BCUT2D eigenvalue weighted by Crippen LogP contribution is 2.15. The summed E-state index contributed by atoms with van der Waals surface area (Å²) in [5.74, 6) is -0.859. The van der Waals surface area contributed by atoms with E-state index in [1.54, 1.807) is 18.9 Å². The van der Waals surface area contributed by atoms with Crippen LogP contribution < -0.4 is 5.32 Å². The Hall–Kier alpha value is -0.750. The molecule has 0 spiro atoms. The minimum absolute atomic E-state index is 0.232. The van der Waals surface area contributed by atoms with Crippen molar-refractivity contribution in [3.63, 3.8) is 0 Å². The molecule has 0 saturated carbocycles. The molecule has 19 heavy (non-hydrogen) atoms. The molecule has 1 unspecified atom stereocenters. The molecule has 0 rings (SSSR count). The molecule has 0 aromatic heterocycles. The Labute approximate surface area is 114 Å². The van der Waals surface area contributed by atoms with Gasteiger partial charge in [-0.05, 0) is 52.7 Å². The summed E-state index contributed by atoms with van der Waals surface area (Å²) in [5, 5.41) is 12.2. The second-order valence-corrected chi connectivity index (χ2v) is 5.17. The Morgan fingerprint density at radius 1 is 1.42 bits per heavy atom. The zero-order valence-corrected chi connectivity index (χ0v) is 12.1. The van der Waals surface area contributed by atoms with Crippen LogP contribution in [0.25, 0.3) is 0 Å². The predicted octanol–water partition coefficient (Wildman–Crippen LogP) is 2.20. The third-order valence-electron chi connectivity index (χ3n) is 3.15. The predicted molar refractivity (Wildman–Crippen MR) is 71.7 cm³/mol. The van der Waals surface area contributed by atoms with Crippen LogP contribution in [0.15, 0.2) is 0 Å². The van der Waals surface area contributed by atoms with Crippen LogP contribution in [-0.4, -0.2) is 54.6 Å². The van der Waals surface area contributed by atoms with Gasteiger partial charge in [0.15, 0.2) is 0 Å². The van der Waals surface area contributed by atoms with Crippen molar-refractivity contribution in [3.05, 3.63) is 0 Å². The van der Waals surface area contributed by atoms with E-state index in [9.17, 15) is 18.7 Å². The lowest BCUT2D eigenvalue weighted by Gasteiger charge is -2.26. The molecule has 0 aliphatic carbocycles. The molecule has 0 radical (unpaired) electrons. The molecule has 0 heterocycles. The van der Waals surface area contributed by atoms with Gasteiger partial charge in [0.1, 0.15) is 5.54 Å². The van der Waals surface area contributed by atoms with E-state index in [-0.39, 0.29) is 6.54 Å². The number of nitrogens with zero attached hydrogens (tertiary/aromatic N) is 1. The normalized spacial score (nSPS) is 14.9. The third kappa shape index (κ3) is 8.10. The molecule has 0 fully saturated rings. The average molecular weight is 280 g/mol. The number of nitrogens with one attached hydrogen (secondary N) is 1. The Morgan fingerprint density at radius 3 is 2.53 bits per heavy atom. The van der Waals surface area contributed by atoms with Gasteiger partial charge in [-0.25, -0.2) is 8.78 Å². The summed E-state index contributed by atoms with van der Waals surface area (Å²) in [5.41, 5.74) is -0.919. The second-order valence-electron chi connectivity index (χ2n) is 5.17. The largest absolute Gasteiger partial charge is 0.480 e. The summed E-state index contributed by atoms with van der Waals surface area (Å²) in [4.78, 5) is 12.8. The van der Waals surface area contributed by atoms with Gasteiger partial charge in [0.05, 0.1) is 6.54 Å². The van der Waals surface area contributed by atoms with Crippen LogP contribution in [0.5, 0.6) is 0 Å². The van der Waals surface area contributed by atoms with Gasteiger partial charge < -0.3 is 15.3 Å². The van der Waals surface area contributed by atoms with Crippen LogP contribution in [0.4, 0.5) is 8.78 Å². The van der Waals surface area contributed by atoms with Gasteiger partial charge in [-0.3, -0.25) is 4.79 Å². The molecule has 0 aliphatic heterocycles. The number of alkyl halides is 2. The highest BCUT2D eigenvalue weighted by Gasteiger charge is 2.31. The van der Waals surface area contributed by atoms with Crippen molar-refractivity contribution in [2.45, 2.75) is 51.5 Å². The fraction of sp³-hybridized carbons (Fsp3) is 0.923. The molecule has 0 aliphatic rings. The van der Waals surface area contributed by atoms with E-state index >= 15 is 0 Å². The highest BCUT2D eigenvalue weighted by molar-refractivity contribution is 5.78. The minimum Gasteiger partial charge on any atom is -0.480 e. The molecular weight excluding hydrogens is 254 g/mol. The summed E-state index contributed by atoms with van der Waals surface area (Å²) in [6.07, 6.45) is 0.484. The van der Waals surface area contributed by atoms with Crippen LogP contribution in [-0.2, 0) is 4.79 Å². The molecular formula is C13H26F2N2O2. The summed E-state index contributed by atoms with van der Waals surface area (Å²) >= 11 is 0. The molecule has 4 nitrogen and oxygen atoms in total. The summed E-state index contributed by atoms with van der Waals surface area (Å²) in [6.45, 7) is 4.65. The minimum atomic E-state index is -2.32. The van der Waals surface area contributed by atoms with E-state index in [0.717, 1.165) is 12.8 Å². The van der Waals surface area contributed by atoms with Crippen LogP contribution in [0.3, 0.4) is 0 Å². The van der Waals surface area contributed by atoms with Gasteiger partial charge in [-0.1, -0.05) is 6.92 Å². The van der Waals surface area contributed by atoms with Crippen molar-refractivity contribution in [2.24, 2.45) is 0 Å². The van der Waals surface area contributed by atoms with Crippen LogP contribution in [0.1, 0.15) is 39.5 Å². The fourth-order valence-corrected chi connectivity index (χ4v) is 1.86. The third-order valence-corrected chi connectivity index (χ3v) is 3.15. The Bertz CT molecular complexity index is 265. The topological polar surface area (TPSA) is 52.6 Å². The van der Waals surface area contributed by atoms with Crippen LogP contribution in [0, 0.1) is 0 Å². The smallest absolute Gasteiger partial charge is 0.323 e. The van der Waals surface area contributed by atoms with Gasteiger partial charge in [0.2, 0.25) is 0 Å². The monoisotopic (exact) mass is 280 g/mol. The number of aliphatic carboxylic acids is 1. The van der Waals surface area contributed by atoms with E-state index < -0.39 is 17.9 Å². The van der Waals surface area contributed by atoms with Crippen molar-refractivity contribution in [2.75, 3.05) is 26.7 Å². The number of hydrogen-bond acceptors (Lipinski definition) is 3. The molecule has 0 saturated heterocycles. The maximum atomic E-state index is 12.1. The molecule has 2 N–H and O–H groups in total. The van der Waals surface area contributed by atoms with Gasteiger partial charge in [-0.2, -0.15) is 0 Å². The lowest BCUT2D eigenvalue weighted by Crippen LogP contribution is -2.49. The van der Waals surface area contributed by atoms with E-state index in [4.69, 9.17) is 0 Å². The summed E-state index contributed by atoms with van der Waals surface area (Å²) in [7, 11) is 1.65. The van der Waals surface area contributed by atoms with Gasteiger partial charge >= 0.3 is 5.97 Å². The van der Waals surface area contributed by atoms with E-state index in [2.05, 4.69) is 5.32 Å². The molecule has 6 heteroatoms. The molecule has 0 amide bonds. The van der Waals surface area contributed by atoms with E-state index in [0.29, 0.717) is 25.9 Å². The van der Waals surface area contributed by atoms with Crippen molar-refractivity contribution < 1.29 is 18.7 Å². The Morgan fingerprint density at radius 2 is 2.05 bits per heavy atom. The van der Waals surface area contributed by atoms with Crippen molar-refractivity contribution >= 4 is 5.97 Å². The summed E-state index contributed by atoms with van der Waals surface area (Å²) in [6, 6.07) is 0. The lowest BCUT2D eigenvalue weighted by atomic mass is 9.94. The number of carbonyl (C=O) groups is 1. The zero-order valence-electron chi connectivity index (χ0n) is 12.1. The number of carboxylic acids is 1. The van der Waals surface area contributed by atoms with Crippen molar-refractivity contribution in [3.8, 4) is 0 Å². The number of unbranched alkanes of at least 4 members (excludes halogenated alkanes) is 1. The highest BCUT2D eigenvalue weighted by atomic mass is 19.3. The van der Waals surface area contributed by atoms with Crippen LogP contribution >= 0.6 is 0 Å². The summed E-state index contributed by atoms with van der Waals surface area (Å²) < 4.78 is 24.2. The van der Waals surface area contributed by atoms with Gasteiger partial charge in [-0.15, -0.1) is 0 Å². The second kappa shape index (κ2) is 9.20. The first-order valence-corrected chi connectivity index (χ1v) is 6.77. The van der Waals surface area contributed by atoms with Crippen LogP contribution in [0.2, 0.25) is 0 Å². The number of rotatable bonds is 11. The maximum absolute atomic E-state index is 12.1. The SMILES string of the molecule is CCCNC(C)(CCCCN(C)CC(F)F)C(=O)O. The molecule has 0 aromatic carbocycles. The van der Waals surface area contributed by atoms with Gasteiger partial charge in [0, 0.05) is 0 Å². The number of hydrogen-bond donors (Lipinski definition) is 2. The van der Waals surface area contributed by atoms with Crippen molar-refractivity contribution in [1.82, 2.24) is 10.2 Å². The first-order chi connectivity index (χ1) is 8.81. The Balaban J connectivity index is 3.97. The fourth-order valence-electron chi connectivity index (χ4n) is 1.86. The number of halogens is 2. The Kier molecular flexibility index (Phi) is 8.84. The first-order valence-electron chi connectivity index (χ1n) is 6.77.